The minimum Gasteiger partial charge on any atom is -0.383 e. The molecule has 4 N–H and O–H groups in total. The van der Waals surface area contributed by atoms with Crippen molar-refractivity contribution in [2.75, 3.05) is 17.2 Å². The maximum Gasteiger partial charge on any atom is 0.262 e. The Morgan fingerprint density at radius 1 is 1.26 bits per heavy atom. The molecule has 0 amide bonds. The molecule has 1 aromatic heterocycles. The summed E-state index contributed by atoms with van der Waals surface area (Å²) < 4.78 is 50.9. The van der Waals surface area contributed by atoms with Crippen molar-refractivity contribution in [3.8, 4) is 6.07 Å². The second kappa shape index (κ2) is 10.1. The van der Waals surface area contributed by atoms with Gasteiger partial charge < -0.3 is 16.1 Å². The van der Waals surface area contributed by atoms with E-state index >= 15 is 0 Å². The normalized spacial score (nSPS) is 18.2. The molecular weight excluding hydrogens is 527 g/mol. The summed E-state index contributed by atoms with van der Waals surface area (Å²) in [5.74, 6) is -0.479. The molecule has 0 spiro atoms. The fraction of sp³-hybridized carbons (Fsp3) is 0.357. The Morgan fingerprint density at radius 2 is 1.97 bits per heavy atom. The lowest BCUT2D eigenvalue weighted by atomic mass is 9.96. The Labute approximate surface area is 231 Å². The van der Waals surface area contributed by atoms with E-state index in [2.05, 4.69) is 53.4 Å². The third kappa shape index (κ3) is 5.42. The quantitative estimate of drug-likeness (QED) is 0.253. The standard InChI is InChI=1S/C28H29ClF3N7/c1-27(2,3)15-35-23-17(12-33)13-34-25-20(23)10-19(11-21(25)29)36-24(16-4-6-18(30)7-5-16)22-14-39(38-37-22)28(8-9-28)26(31)32/h4-7,10-11,13-14,24,26,36-38H,8-9,15H2,1-3H3,(H,34,35)/i24D. The van der Waals surface area contributed by atoms with Crippen molar-refractivity contribution in [3.63, 3.8) is 0 Å². The summed E-state index contributed by atoms with van der Waals surface area (Å²) in [6.07, 6.45) is 0.922. The van der Waals surface area contributed by atoms with Gasteiger partial charge in [0.1, 0.15) is 17.4 Å². The number of nitrogens with zero attached hydrogens (tertiary/aromatic N) is 3. The summed E-state index contributed by atoms with van der Waals surface area (Å²) in [6.45, 7) is 6.75. The summed E-state index contributed by atoms with van der Waals surface area (Å²) >= 11 is 6.64. The van der Waals surface area contributed by atoms with E-state index in [1.807, 2.05) is 0 Å². The second-order valence-corrected chi connectivity index (χ2v) is 11.4. The zero-order valence-electron chi connectivity index (χ0n) is 22.7. The minimum atomic E-state index is -2.59. The summed E-state index contributed by atoms with van der Waals surface area (Å²) in [7, 11) is 0. The summed E-state index contributed by atoms with van der Waals surface area (Å²) in [5.41, 5.74) is 6.52. The molecule has 1 saturated carbocycles. The Kier molecular flexibility index (Phi) is 6.65. The average Bonchev–Trinajstić information content (AvgIpc) is 3.56. The van der Waals surface area contributed by atoms with Crippen LogP contribution in [0.4, 0.5) is 24.5 Å². The number of halogens is 4. The van der Waals surface area contributed by atoms with Gasteiger partial charge in [0, 0.05) is 30.0 Å². The molecule has 2 aromatic carbocycles. The highest BCUT2D eigenvalue weighted by Gasteiger charge is 2.56. The number of hydrogen-bond donors (Lipinski definition) is 4. The van der Waals surface area contributed by atoms with Crippen LogP contribution in [0.2, 0.25) is 5.02 Å². The highest BCUT2D eigenvalue weighted by atomic mass is 35.5. The number of hydrazine groups is 2. The molecule has 1 aliphatic carbocycles. The zero-order chi connectivity index (χ0) is 28.9. The van der Waals surface area contributed by atoms with Crippen LogP contribution in [0, 0.1) is 22.6 Å². The highest BCUT2D eigenvalue weighted by molar-refractivity contribution is 6.35. The molecule has 0 saturated heterocycles. The van der Waals surface area contributed by atoms with Crippen LogP contribution < -0.4 is 21.6 Å². The first kappa shape index (κ1) is 25.6. The molecule has 0 radical (unpaired) electrons. The van der Waals surface area contributed by atoms with E-state index in [0.29, 0.717) is 52.8 Å². The molecule has 7 nitrogen and oxygen atoms in total. The lowest BCUT2D eigenvalue weighted by Gasteiger charge is -2.25. The van der Waals surface area contributed by atoms with Gasteiger partial charge in [-0.1, -0.05) is 44.5 Å². The van der Waals surface area contributed by atoms with Crippen LogP contribution in [0.1, 0.15) is 52.1 Å². The van der Waals surface area contributed by atoms with Crippen molar-refractivity contribution in [2.24, 2.45) is 5.41 Å². The predicted octanol–water partition coefficient (Wildman–Crippen LogP) is 6.47. The number of nitriles is 1. The van der Waals surface area contributed by atoms with Crippen LogP contribution in [-0.2, 0) is 0 Å². The molecule has 0 bridgehead atoms. The number of rotatable bonds is 8. The highest BCUT2D eigenvalue weighted by Crippen LogP contribution is 2.47. The van der Waals surface area contributed by atoms with Gasteiger partial charge >= 0.3 is 0 Å². The van der Waals surface area contributed by atoms with E-state index in [1.54, 1.807) is 12.1 Å². The van der Waals surface area contributed by atoms with Gasteiger partial charge in [-0.05, 0) is 48.1 Å². The Bertz CT molecular complexity index is 1510. The van der Waals surface area contributed by atoms with Crippen LogP contribution in [0.5, 0.6) is 0 Å². The van der Waals surface area contributed by atoms with Crippen molar-refractivity contribution in [1.29, 1.82) is 5.26 Å². The first-order valence-electron chi connectivity index (χ1n) is 13.0. The fourth-order valence-electron chi connectivity index (χ4n) is 4.39. The lowest BCUT2D eigenvalue weighted by Crippen LogP contribution is -2.48. The Hall–Kier alpha value is -3.68. The van der Waals surface area contributed by atoms with Gasteiger partial charge in [0.05, 0.1) is 34.9 Å². The second-order valence-electron chi connectivity index (χ2n) is 11.0. The maximum atomic E-state index is 13.8. The molecule has 1 atom stereocenters. The first-order chi connectivity index (χ1) is 18.9. The fourth-order valence-corrected chi connectivity index (χ4v) is 4.66. The molecule has 1 unspecified atom stereocenters. The van der Waals surface area contributed by atoms with Crippen LogP contribution in [0.15, 0.2) is 54.5 Å². The van der Waals surface area contributed by atoms with Crippen molar-refractivity contribution in [3.05, 3.63) is 76.5 Å². The van der Waals surface area contributed by atoms with E-state index < -0.39 is 23.8 Å². The SMILES string of the molecule is [2H]C(Nc1cc(Cl)c2ncc(C#N)c(NCC(C)(C)C)c2c1)(C1=CN(C2(C(F)F)CC2)NN1)c1ccc(F)cc1. The molecule has 3 aromatic rings. The zero-order valence-corrected chi connectivity index (χ0v) is 22.4. The molecule has 204 valence electrons. The van der Waals surface area contributed by atoms with Crippen molar-refractivity contribution < 1.29 is 14.5 Å². The molecule has 2 aliphatic rings. The third-order valence-corrected chi connectivity index (χ3v) is 7.02. The molecule has 1 fully saturated rings. The molecular formula is C28H29ClF3N7. The predicted molar refractivity (Wildman–Crippen MR) is 146 cm³/mol. The molecule has 11 heteroatoms. The Morgan fingerprint density at radius 3 is 2.59 bits per heavy atom. The van der Waals surface area contributed by atoms with E-state index in [9.17, 15) is 19.8 Å². The lowest BCUT2D eigenvalue weighted by molar-refractivity contribution is 0.00911. The number of hydrogen-bond acceptors (Lipinski definition) is 7. The van der Waals surface area contributed by atoms with E-state index in [4.69, 9.17) is 11.6 Å². The van der Waals surface area contributed by atoms with Crippen LogP contribution in [-0.4, -0.2) is 28.5 Å². The number of aromatic nitrogens is 1. The summed E-state index contributed by atoms with van der Waals surface area (Å²) in [5, 5.41) is 18.4. The average molecular weight is 557 g/mol. The smallest absolute Gasteiger partial charge is 0.262 e. The van der Waals surface area contributed by atoms with Gasteiger partial charge in [0.15, 0.2) is 0 Å². The Balaban J connectivity index is 1.60. The number of anilines is 2. The van der Waals surface area contributed by atoms with Crippen LogP contribution in [0.25, 0.3) is 10.9 Å². The maximum absolute atomic E-state index is 13.8. The summed E-state index contributed by atoms with van der Waals surface area (Å²) in [6, 6.07) is 9.09. The molecule has 1 aliphatic heterocycles. The molecule has 2 heterocycles. The van der Waals surface area contributed by atoms with Gasteiger partial charge in [-0.15, -0.1) is 5.53 Å². The molecule has 39 heavy (non-hydrogen) atoms. The number of fused-ring (bicyclic) bond motifs is 1. The van der Waals surface area contributed by atoms with Crippen molar-refractivity contribution in [2.45, 2.75) is 51.6 Å². The number of alkyl halides is 2. The number of pyridine rings is 1. The monoisotopic (exact) mass is 556 g/mol. The molecule has 5 rings (SSSR count). The van der Waals surface area contributed by atoms with Gasteiger partial charge in [0.2, 0.25) is 0 Å². The van der Waals surface area contributed by atoms with E-state index in [-0.39, 0.29) is 16.1 Å². The number of benzene rings is 2. The van der Waals surface area contributed by atoms with Gasteiger partial charge in [0.25, 0.3) is 6.43 Å². The number of nitrogens with one attached hydrogen (secondary N) is 4. The van der Waals surface area contributed by atoms with E-state index in [0.717, 1.165) is 0 Å². The largest absolute Gasteiger partial charge is 0.383 e. The first-order valence-corrected chi connectivity index (χ1v) is 12.9. The minimum absolute atomic E-state index is 0.0858. The van der Waals surface area contributed by atoms with Gasteiger partial charge in [-0.2, -0.15) is 5.26 Å². The van der Waals surface area contributed by atoms with Crippen molar-refractivity contribution in [1.82, 2.24) is 21.0 Å². The van der Waals surface area contributed by atoms with Gasteiger partial charge in [-0.25, -0.2) is 13.2 Å². The summed E-state index contributed by atoms with van der Waals surface area (Å²) in [4.78, 5) is 4.38. The van der Waals surface area contributed by atoms with Gasteiger partial charge in [-0.3, -0.25) is 9.99 Å². The van der Waals surface area contributed by atoms with Crippen LogP contribution in [0.3, 0.4) is 0 Å². The van der Waals surface area contributed by atoms with Crippen molar-refractivity contribution >= 4 is 33.9 Å². The van der Waals surface area contributed by atoms with E-state index in [1.165, 1.54) is 41.7 Å². The van der Waals surface area contributed by atoms with Crippen LogP contribution >= 0.6 is 11.6 Å². The third-order valence-electron chi connectivity index (χ3n) is 6.73. The topological polar surface area (TPSA) is 88.0 Å².